The Balaban J connectivity index is 2.07. The molecule has 0 amide bonds. The third-order valence-corrected chi connectivity index (χ3v) is 2.50. The first-order valence-corrected chi connectivity index (χ1v) is 5.14. The number of benzene rings is 1. The van der Waals surface area contributed by atoms with E-state index in [-0.39, 0.29) is 5.82 Å². The average molecular weight is 219 g/mol. The highest BCUT2D eigenvalue weighted by Crippen LogP contribution is 2.17. The van der Waals surface area contributed by atoms with Gasteiger partial charge in [0.15, 0.2) is 0 Å². The summed E-state index contributed by atoms with van der Waals surface area (Å²) >= 11 is 0. The number of aryl methyl sites for hydroxylation is 1. The Kier molecular flexibility index (Phi) is 2.90. The molecule has 1 heterocycles. The standard InChI is InChI=1S/C12H14FN3/c1-9-11(13)4-3-5-12(9)14-8-10-6-7-16(2)15-10/h3-7,14H,8H2,1-2H3. The number of anilines is 1. The molecule has 0 aliphatic carbocycles. The van der Waals surface area contributed by atoms with Crippen LogP contribution in [0.5, 0.6) is 0 Å². The number of nitrogens with zero attached hydrogens (tertiary/aromatic N) is 2. The van der Waals surface area contributed by atoms with Gasteiger partial charge in [-0.25, -0.2) is 4.39 Å². The zero-order valence-corrected chi connectivity index (χ0v) is 9.37. The van der Waals surface area contributed by atoms with Crippen LogP contribution in [0.3, 0.4) is 0 Å². The van der Waals surface area contributed by atoms with Crippen LogP contribution >= 0.6 is 0 Å². The van der Waals surface area contributed by atoms with Crippen LogP contribution in [-0.4, -0.2) is 9.78 Å². The van der Waals surface area contributed by atoms with Gasteiger partial charge in [0.1, 0.15) is 5.82 Å². The van der Waals surface area contributed by atoms with E-state index in [2.05, 4.69) is 10.4 Å². The van der Waals surface area contributed by atoms with Gasteiger partial charge in [0, 0.05) is 24.5 Å². The van der Waals surface area contributed by atoms with E-state index < -0.39 is 0 Å². The lowest BCUT2D eigenvalue weighted by Crippen LogP contribution is -2.03. The molecule has 1 N–H and O–H groups in total. The number of halogens is 1. The van der Waals surface area contributed by atoms with Gasteiger partial charge < -0.3 is 5.32 Å². The van der Waals surface area contributed by atoms with Crippen molar-refractivity contribution in [2.24, 2.45) is 7.05 Å². The van der Waals surface area contributed by atoms with E-state index >= 15 is 0 Å². The molecule has 0 aliphatic rings. The molecule has 1 aromatic heterocycles. The van der Waals surface area contributed by atoms with Crippen LogP contribution in [0.4, 0.5) is 10.1 Å². The molecule has 2 aromatic rings. The lowest BCUT2D eigenvalue weighted by atomic mass is 10.2. The maximum Gasteiger partial charge on any atom is 0.128 e. The molecule has 2 rings (SSSR count). The van der Waals surface area contributed by atoms with Crippen LogP contribution in [0.15, 0.2) is 30.5 Å². The fourth-order valence-corrected chi connectivity index (χ4v) is 1.54. The Labute approximate surface area is 93.9 Å². The van der Waals surface area contributed by atoms with Crippen LogP contribution in [0, 0.1) is 12.7 Å². The summed E-state index contributed by atoms with van der Waals surface area (Å²) in [6.45, 7) is 2.36. The van der Waals surface area contributed by atoms with Gasteiger partial charge in [-0.15, -0.1) is 0 Å². The summed E-state index contributed by atoms with van der Waals surface area (Å²) in [5.74, 6) is -0.189. The molecule has 1 aromatic carbocycles. The molecular formula is C12H14FN3. The van der Waals surface area contributed by atoms with Crippen molar-refractivity contribution >= 4 is 5.69 Å². The lowest BCUT2D eigenvalue weighted by molar-refractivity contribution is 0.619. The van der Waals surface area contributed by atoms with Gasteiger partial charge >= 0.3 is 0 Å². The van der Waals surface area contributed by atoms with Crippen molar-refractivity contribution in [2.75, 3.05) is 5.32 Å². The summed E-state index contributed by atoms with van der Waals surface area (Å²) in [6.07, 6.45) is 1.88. The SMILES string of the molecule is Cc1c(F)cccc1NCc1ccn(C)n1. The molecule has 0 bridgehead atoms. The molecule has 0 radical (unpaired) electrons. The van der Waals surface area contributed by atoms with Crippen molar-refractivity contribution in [3.05, 3.63) is 47.5 Å². The number of nitrogens with one attached hydrogen (secondary N) is 1. The highest BCUT2D eigenvalue weighted by Gasteiger charge is 2.03. The first kappa shape index (κ1) is 10.7. The summed E-state index contributed by atoms with van der Waals surface area (Å²) < 4.78 is 15.0. The van der Waals surface area contributed by atoms with Crippen molar-refractivity contribution in [3.8, 4) is 0 Å². The molecule has 4 heteroatoms. The third-order valence-electron chi connectivity index (χ3n) is 2.50. The zero-order valence-electron chi connectivity index (χ0n) is 9.37. The quantitative estimate of drug-likeness (QED) is 0.859. The predicted octanol–water partition coefficient (Wildman–Crippen LogP) is 2.48. The largest absolute Gasteiger partial charge is 0.379 e. The smallest absolute Gasteiger partial charge is 0.128 e. The summed E-state index contributed by atoms with van der Waals surface area (Å²) in [5, 5.41) is 7.41. The van der Waals surface area contributed by atoms with Gasteiger partial charge in [-0.1, -0.05) is 6.07 Å². The highest BCUT2D eigenvalue weighted by molar-refractivity contribution is 5.50. The van der Waals surface area contributed by atoms with Crippen molar-refractivity contribution in [1.82, 2.24) is 9.78 Å². The lowest BCUT2D eigenvalue weighted by Gasteiger charge is -2.08. The fourth-order valence-electron chi connectivity index (χ4n) is 1.54. The normalized spacial score (nSPS) is 10.4. The Bertz CT molecular complexity index is 491. The van der Waals surface area contributed by atoms with Gasteiger partial charge in [-0.2, -0.15) is 5.10 Å². The maximum absolute atomic E-state index is 13.2. The minimum atomic E-state index is -0.189. The highest BCUT2D eigenvalue weighted by atomic mass is 19.1. The van der Waals surface area contributed by atoms with E-state index in [9.17, 15) is 4.39 Å². The second kappa shape index (κ2) is 4.35. The number of aromatic nitrogens is 2. The molecular weight excluding hydrogens is 205 g/mol. The summed E-state index contributed by atoms with van der Waals surface area (Å²) in [7, 11) is 1.87. The summed E-state index contributed by atoms with van der Waals surface area (Å²) in [5.41, 5.74) is 2.38. The van der Waals surface area contributed by atoms with Crippen LogP contribution in [-0.2, 0) is 13.6 Å². The molecule has 0 spiro atoms. The van der Waals surface area contributed by atoms with E-state index in [0.717, 1.165) is 11.4 Å². The van der Waals surface area contributed by atoms with Crippen LogP contribution in [0.1, 0.15) is 11.3 Å². The molecule has 16 heavy (non-hydrogen) atoms. The minimum Gasteiger partial charge on any atom is -0.379 e. The predicted molar refractivity (Wildman–Crippen MR) is 61.7 cm³/mol. The monoisotopic (exact) mass is 219 g/mol. The molecule has 84 valence electrons. The summed E-state index contributed by atoms with van der Waals surface area (Å²) in [6, 6.07) is 6.95. The second-order valence-corrected chi connectivity index (χ2v) is 3.75. The molecule has 0 saturated heterocycles. The summed E-state index contributed by atoms with van der Waals surface area (Å²) in [4.78, 5) is 0. The van der Waals surface area contributed by atoms with Gasteiger partial charge in [-0.3, -0.25) is 4.68 Å². The van der Waals surface area contributed by atoms with E-state index in [1.54, 1.807) is 17.7 Å². The van der Waals surface area contributed by atoms with E-state index in [1.807, 2.05) is 25.4 Å². The average Bonchev–Trinajstić information content (AvgIpc) is 2.67. The fraction of sp³-hybridized carbons (Fsp3) is 0.250. The van der Waals surface area contributed by atoms with Crippen molar-refractivity contribution in [3.63, 3.8) is 0 Å². The zero-order chi connectivity index (χ0) is 11.5. The molecule has 0 saturated carbocycles. The molecule has 0 unspecified atom stereocenters. The van der Waals surface area contributed by atoms with E-state index in [4.69, 9.17) is 0 Å². The molecule has 0 atom stereocenters. The number of hydrogen-bond donors (Lipinski definition) is 1. The van der Waals surface area contributed by atoms with Crippen LogP contribution in [0.25, 0.3) is 0 Å². The van der Waals surface area contributed by atoms with Crippen molar-refractivity contribution in [1.29, 1.82) is 0 Å². The molecule has 0 fully saturated rings. The Morgan fingerprint density at radius 3 is 2.88 bits per heavy atom. The van der Waals surface area contributed by atoms with Gasteiger partial charge in [0.25, 0.3) is 0 Å². The van der Waals surface area contributed by atoms with Gasteiger partial charge in [0.05, 0.1) is 12.2 Å². The molecule has 3 nitrogen and oxygen atoms in total. The third kappa shape index (κ3) is 2.21. The van der Waals surface area contributed by atoms with Crippen molar-refractivity contribution < 1.29 is 4.39 Å². The van der Waals surface area contributed by atoms with Crippen molar-refractivity contribution in [2.45, 2.75) is 13.5 Å². The Morgan fingerprint density at radius 2 is 2.19 bits per heavy atom. The second-order valence-electron chi connectivity index (χ2n) is 3.75. The van der Waals surface area contributed by atoms with Gasteiger partial charge in [0.2, 0.25) is 0 Å². The first-order valence-electron chi connectivity index (χ1n) is 5.14. The molecule has 0 aliphatic heterocycles. The van der Waals surface area contributed by atoms with Crippen LogP contribution in [0.2, 0.25) is 0 Å². The minimum absolute atomic E-state index is 0.189. The Hall–Kier alpha value is -1.84. The number of hydrogen-bond acceptors (Lipinski definition) is 2. The topological polar surface area (TPSA) is 29.9 Å². The first-order chi connectivity index (χ1) is 7.66. The number of rotatable bonds is 3. The Morgan fingerprint density at radius 1 is 1.38 bits per heavy atom. The maximum atomic E-state index is 13.2. The van der Waals surface area contributed by atoms with E-state index in [1.165, 1.54) is 6.07 Å². The van der Waals surface area contributed by atoms with E-state index in [0.29, 0.717) is 12.1 Å². The van der Waals surface area contributed by atoms with Crippen LogP contribution < -0.4 is 5.32 Å². The van der Waals surface area contributed by atoms with Gasteiger partial charge in [-0.05, 0) is 25.1 Å².